The highest BCUT2D eigenvalue weighted by molar-refractivity contribution is 14.0. The number of hydrogen-bond donors (Lipinski definition) is 3. The summed E-state index contributed by atoms with van der Waals surface area (Å²) in [4.78, 5) is 4.29. The summed E-state index contributed by atoms with van der Waals surface area (Å²) in [5, 5.41) is 16.3. The molecule has 0 saturated carbocycles. The summed E-state index contributed by atoms with van der Waals surface area (Å²) in [7, 11) is 0. The summed E-state index contributed by atoms with van der Waals surface area (Å²) in [5.74, 6) is 0.189. The molecular weight excluding hydrogens is 412 g/mol. The minimum atomic E-state index is -0.958. The number of benzene rings is 1. The Bertz CT molecular complexity index is 461. The predicted molar refractivity (Wildman–Crippen MR) is 102 cm³/mol. The third kappa shape index (κ3) is 9.07. The van der Waals surface area contributed by atoms with Crippen LogP contribution in [0.2, 0.25) is 0 Å². The fourth-order valence-electron chi connectivity index (χ4n) is 1.89. The molecule has 0 saturated heterocycles. The number of rotatable bonds is 9. The van der Waals surface area contributed by atoms with E-state index in [0.717, 1.165) is 13.0 Å². The lowest BCUT2D eigenvalue weighted by molar-refractivity contribution is 0.145. The van der Waals surface area contributed by atoms with Crippen molar-refractivity contribution in [1.29, 1.82) is 0 Å². The van der Waals surface area contributed by atoms with Gasteiger partial charge < -0.3 is 20.5 Å². The molecule has 23 heavy (non-hydrogen) atoms. The maximum Gasteiger partial charge on any atom is 0.191 e. The Labute approximate surface area is 154 Å². The van der Waals surface area contributed by atoms with Crippen molar-refractivity contribution in [2.45, 2.75) is 26.4 Å². The first-order valence-electron chi connectivity index (χ1n) is 7.71. The lowest BCUT2D eigenvalue weighted by atomic mass is 10.1. The summed E-state index contributed by atoms with van der Waals surface area (Å²) in [6, 6.07) is 6.19. The van der Waals surface area contributed by atoms with E-state index >= 15 is 0 Å². The summed E-state index contributed by atoms with van der Waals surface area (Å²) >= 11 is 0. The van der Waals surface area contributed by atoms with Crippen LogP contribution in [-0.2, 0) is 4.74 Å². The van der Waals surface area contributed by atoms with Crippen LogP contribution in [0.25, 0.3) is 0 Å². The van der Waals surface area contributed by atoms with Crippen LogP contribution in [0.3, 0.4) is 0 Å². The molecule has 0 aliphatic heterocycles. The van der Waals surface area contributed by atoms with Gasteiger partial charge >= 0.3 is 0 Å². The van der Waals surface area contributed by atoms with Gasteiger partial charge in [0.25, 0.3) is 0 Å². The highest BCUT2D eigenvalue weighted by atomic mass is 127. The van der Waals surface area contributed by atoms with Crippen LogP contribution in [0.5, 0.6) is 0 Å². The monoisotopic (exact) mass is 439 g/mol. The summed E-state index contributed by atoms with van der Waals surface area (Å²) in [6.45, 7) is 6.87. The third-order valence-electron chi connectivity index (χ3n) is 2.99. The minimum absolute atomic E-state index is 0. The van der Waals surface area contributed by atoms with E-state index in [4.69, 9.17) is 4.74 Å². The zero-order valence-corrected chi connectivity index (χ0v) is 16.0. The number of nitrogens with zero attached hydrogens (tertiary/aromatic N) is 1. The van der Waals surface area contributed by atoms with Crippen molar-refractivity contribution in [3.8, 4) is 0 Å². The van der Waals surface area contributed by atoms with Crippen molar-refractivity contribution in [3.63, 3.8) is 0 Å². The zero-order valence-electron chi connectivity index (χ0n) is 13.7. The third-order valence-corrected chi connectivity index (χ3v) is 2.99. The van der Waals surface area contributed by atoms with Gasteiger partial charge in [-0.2, -0.15) is 0 Å². The number of guanidine groups is 1. The van der Waals surface area contributed by atoms with Crippen LogP contribution < -0.4 is 10.6 Å². The summed E-state index contributed by atoms with van der Waals surface area (Å²) < 4.78 is 18.8. The van der Waals surface area contributed by atoms with Crippen molar-refractivity contribution in [1.82, 2.24) is 10.6 Å². The minimum Gasteiger partial charge on any atom is -0.386 e. The topological polar surface area (TPSA) is 65.9 Å². The molecule has 5 nitrogen and oxygen atoms in total. The van der Waals surface area contributed by atoms with Gasteiger partial charge in [0.15, 0.2) is 5.96 Å². The van der Waals surface area contributed by atoms with Crippen molar-refractivity contribution < 1.29 is 14.2 Å². The molecule has 0 spiro atoms. The maximum atomic E-state index is 13.6. The molecule has 1 aromatic carbocycles. The molecule has 132 valence electrons. The molecule has 0 bridgehead atoms. The molecule has 0 heterocycles. The highest BCUT2D eigenvalue weighted by Gasteiger charge is 2.11. The number of ether oxygens (including phenoxy) is 1. The fourth-order valence-corrected chi connectivity index (χ4v) is 1.89. The van der Waals surface area contributed by atoms with Crippen LogP contribution in [0.4, 0.5) is 4.39 Å². The van der Waals surface area contributed by atoms with Crippen LogP contribution in [0.1, 0.15) is 31.9 Å². The van der Waals surface area contributed by atoms with Gasteiger partial charge in [-0.1, -0.05) is 18.2 Å². The lowest BCUT2D eigenvalue weighted by Crippen LogP contribution is -2.38. The van der Waals surface area contributed by atoms with Crippen LogP contribution >= 0.6 is 24.0 Å². The number of aliphatic hydroxyl groups is 1. The summed E-state index contributed by atoms with van der Waals surface area (Å²) in [5.41, 5.74) is 0.262. The fraction of sp³-hybridized carbons (Fsp3) is 0.562. The predicted octanol–water partition coefficient (Wildman–Crippen LogP) is 2.46. The molecule has 0 radical (unpaired) electrons. The van der Waals surface area contributed by atoms with E-state index in [9.17, 15) is 9.50 Å². The molecule has 1 aromatic rings. The Kier molecular flexibility index (Phi) is 13.0. The molecule has 1 atom stereocenters. The molecular formula is C16H27FIN3O2. The Balaban J connectivity index is 0.00000484. The van der Waals surface area contributed by atoms with Crippen molar-refractivity contribution in [2.75, 3.05) is 32.8 Å². The van der Waals surface area contributed by atoms with Gasteiger partial charge in [-0.25, -0.2) is 4.39 Å². The molecule has 0 aliphatic rings. The standard InChI is InChI=1S/C16H26FN3O2.HI/c1-3-18-16(19-10-7-11-22-4-2)20-12-15(21)13-8-5-6-9-14(13)17;/h5-6,8-9,15,21H,3-4,7,10-12H2,1-2H3,(H2,18,19,20);1H. The number of halogens is 2. The van der Waals surface area contributed by atoms with Crippen LogP contribution in [0, 0.1) is 5.82 Å². The van der Waals surface area contributed by atoms with Gasteiger partial charge in [-0.05, 0) is 26.3 Å². The molecule has 0 aliphatic carbocycles. The van der Waals surface area contributed by atoms with E-state index < -0.39 is 11.9 Å². The maximum absolute atomic E-state index is 13.6. The summed E-state index contributed by atoms with van der Waals surface area (Å²) in [6.07, 6.45) is -0.0891. The van der Waals surface area contributed by atoms with E-state index in [-0.39, 0.29) is 36.1 Å². The van der Waals surface area contributed by atoms with Gasteiger partial charge in [-0.15, -0.1) is 24.0 Å². The Hall–Kier alpha value is -0.930. The zero-order chi connectivity index (χ0) is 16.2. The second kappa shape index (κ2) is 13.5. The van der Waals surface area contributed by atoms with E-state index in [0.29, 0.717) is 25.7 Å². The molecule has 3 N–H and O–H groups in total. The van der Waals surface area contributed by atoms with Gasteiger partial charge in [0, 0.05) is 31.9 Å². The highest BCUT2D eigenvalue weighted by Crippen LogP contribution is 2.16. The molecule has 1 rings (SSSR count). The Morgan fingerprint density at radius 2 is 2.04 bits per heavy atom. The average Bonchev–Trinajstić information content (AvgIpc) is 2.52. The van der Waals surface area contributed by atoms with E-state index in [1.54, 1.807) is 18.2 Å². The molecule has 0 aromatic heterocycles. The molecule has 7 heteroatoms. The van der Waals surface area contributed by atoms with E-state index in [2.05, 4.69) is 15.6 Å². The Morgan fingerprint density at radius 3 is 2.70 bits per heavy atom. The second-order valence-electron chi connectivity index (χ2n) is 4.73. The first-order chi connectivity index (χ1) is 10.7. The van der Waals surface area contributed by atoms with Gasteiger partial charge in [0.2, 0.25) is 0 Å². The van der Waals surface area contributed by atoms with Gasteiger partial charge in [0.05, 0.1) is 6.54 Å². The first kappa shape index (κ1) is 22.1. The SMILES string of the molecule is CCNC(=NCC(O)c1ccccc1F)NCCCOCC.I. The van der Waals surface area contributed by atoms with Crippen LogP contribution in [0.15, 0.2) is 29.3 Å². The second-order valence-corrected chi connectivity index (χ2v) is 4.73. The Morgan fingerprint density at radius 1 is 1.30 bits per heavy atom. The van der Waals surface area contributed by atoms with E-state index in [1.807, 2.05) is 13.8 Å². The van der Waals surface area contributed by atoms with Crippen molar-refractivity contribution in [2.24, 2.45) is 4.99 Å². The van der Waals surface area contributed by atoms with Gasteiger partial charge in [-0.3, -0.25) is 4.99 Å². The molecule has 0 fully saturated rings. The van der Waals surface area contributed by atoms with Crippen LogP contribution in [-0.4, -0.2) is 43.9 Å². The number of hydrogen-bond acceptors (Lipinski definition) is 3. The van der Waals surface area contributed by atoms with Crippen molar-refractivity contribution >= 4 is 29.9 Å². The number of nitrogens with one attached hydrogen (secondary N) is 2. The first-order valence-corrected chi connectivity index (χ1v) is 7.71. The lowest BCUT2D eigenvalue weighted by Gasteiger charge is -2.13. The quantitative estimate of drug-likeness (QED) is 0.240. The van der Waals surface area contributed by atoms with Gasteiger partial charge in [0.1, 0.15) is 11.9 Å². The average molecular weight is 439 g/mol. The van der Waals surface area contributed by atoms with Crippen molar-refractivity contribution in [3.05, 3.63) is 35.6 Å². The normalized spacial score (nSPS) is 12.4. The number of aliphatic imine (C=N–C) groups is 1. The molecule has 1 unspecified atom stereocenters. The smallest absolute Gasteiger partial charge is 0.191 e. The molecule has 0 amide bonds. The van der Waals surface area contributed by atoms with E-state index in [1.165, 1.54) is 6.07 Å². The number of aliphatic hydroxyl groups excluding tert-OH is 1. The largest absolute Gasteiger partial charge is 0.386 e.